The predicted molar refractivity (Wildman–Crippen MR) is 72.4 cm³/mol. The number of nitrogens with one attached hydrogen (secondary N) is 2. The Bertz CT molecular complexity index is 310. The smallest absolute Gasteiger partial charge is 0.239 e. The lowest BCUT2D eigenvalue weighted by Crippen LogP contribution is -2.44. The van der Waals surface area contributed by atoms with Gasteiger partial charge in [0.25, 0.3) is 0 Å². The van der Waals surface area contributed by atoms with Gasteiger partial charge in [-0.2, -0.15) is 0 Å². The minimum Gasteiger partial charge on any atom is -0.383 e. The Morgan fingerprint density at radius 1 is 1.32 bits per heavy atom. The van der Waals surface area contributed by atoms with Gasteiger partial charge in [-0.1, -0.05) is 6.92 Å². The number of carbonyl (C=O) groups is 2. The molecule has 0 aromatic carbocycles. The quantitative estimate of drug-likeness (QED) is 0.575. The Balaban J connectivity index is 2.22. The highest BCUT2D eigenvalue weighted by Gasteiger charge is 2.29. The molecule has 1 saturated carbocycles. The van der Waals surface area contributed by atoms with Crippen molar-refractivity contribution in [3.05, 3.63) is 0 Å². The standard InChI is InChI=1S/C13H25N3O3/c1-9-3-4-10(7-11(9)14)13(18)16-8-12(17)15-5-6-19-2/h9-11H,3-8,14H2,1-2H3,(H,15,17)(H,16,18). The van der Waals surface area contributed by atoms with Crippen LogP contribution in [-0.4, -0.2) is 44.7 Å². The molecule has 6 nitrogen and oxygen atoms in total. The Morgan fingerprint density at radius 2 is 2.05 bits per heavy atom. The summed E-state index contributed by atoms with van der Waals surface area (Å²) in [5.74, 6) is 0.155. The maximum atomic E-state index is 11.9. The van der Waals surface area contributed by atoms with Crippen molar-refractivity contribution in [3.63, 3.8) is 0 Å². The van der Waals surface area contributed by atoms with Gasteiger partial charge in [-0.05, 0) is 25.2 Å². The second-order valence-electron chi connectivity index (χ2n) is 5.21. The van der Waals surface area contributed by atoms with Crippen LogP contribution in [0.5, 0.6) is 0 Å². The summed E-state index contributed by atoms with van der Waals surface area (Å²) in [6, 6.07) is 0.0834. The first kappa shape index (κ1) is 15.9. The zero-order valence-electron chi connectivity index (χ0n) is 11.8. The number of amides is 2. The van der Waals surface area contributed by atoms with E-state index < -0.39 is 0 Å². The fraction of sp³-hybridized carbons (Fsp3) is 0.846. The van der Waals surface area contributed by atoms with Crippen LogP contribution in [0, 0.1) is 11.8 Å². The van der Waals surface area contributed by atoms with Gasteiger partial charge in [0.1, 0.15) is 0 Å². The first-order chi connectivity index (χ1) is 9.04. The normalized spacial score (nSPS) is 26.8. The van der Waals surface area contributed by atoms with Gasteiger partial charge >= 0.3 is 0 Å². The number of nitrogens with two attached hydrogens (primary N) is 1. The van der Waals surface area contributed by atoms with Crippen molar-refractivity contribution in [1.82, 2.24) is 10.6 Å². The Morgan fingerprint density at radius 3 is 2.68 bits per heavy atom. The third-order valence-electron chi connectivity index (χ3n) is 3.68. The molecular weight excluding hydrogens is 246 g/mol. The van der Waals surface area contributed by atoms with E-state index in [0.29, 0.717) is 25.5 Å². The minimum atomic E-state index is -0.195. The molecule has 1 rings (SSSR count). The van der Waals surface area contributed by atoms with Crippen molar-refractivity contribution in [2.24, 2.45) is 17.6 Å². The van der Waals surface area contributed by atoms with Crippen LogP contribution in [0.1, 0.15) is 26.2 Å². The largest absolute Gasteiger partial charge is 0.383 e. The van der Waals surface area contributed by atoms with Crippen molar-refractivity contribution in [2.75, 3.05) is 26.8 Å². The highest BCUT2D eigenvalue weighted by Crippen LogP contribution is 2.27. The van der Waals surface area contributed by atoms with E-state index in [1.165, 1.54) is 0 Å². The van der Waals surface area contributed by atoms with Crippen LogP contribution in [0.3, 0.4) is 0 Å². The minimum absolute atomic E-state index is 0.0177. The fourth-order valence-corrected chi connectivity index (χ4v) is 2.26. The van der Waals surface area contributed by atoms with Crippen molar-refractivity contribution >= 4 is 11.8 Å². The van der Waals surface area contributed by atoms with Gasteiger partial charge < -0.3 is 21.1 Å². The van der Waals surface area contributed by atoms with Crippen LogP contribution in [0.2, 0.25) is 0 Å². The lowest BCUT2D eigenvalue weighted by atomic mass is 9.79. The summed E-state index contributed by atoms with van der Waals surface area (Å²) in [5.41, 5.74) is 5.97. The molecule has 19 heavy (non-hydrogen) atoms. The molecule has 3 atom stereocenters. The van der Waals surface area contributed by atoms with Crippen molar-refractivity contribution < 1.29 is 14.3 Å². The number of hydrogen-bond acceptors (Lipinski definition) is 4. The summed E-state index contributed by atoms with van der Waals surface area (Å²) < 4.78 is 4.82. The van der Waals surface area contributed by atoms with E-state index in [1.807, 2.05) is 0 Å². The van der Waals surface area contributed by atoms with E-state index in [4.69, 9.17) is 10.5 Å². The fourth-order valence-electron chi connectivity index (χ4n) is 2.26. The van der Waals surface area contributed by atoms with Gasteiger partial charge in [0, 0.05) is 25.6 Å². The van der Waals surface area contributed by atoms with E-state index in [1.54, 1.807) is 7.11 Å². The third-order valence-corrected chi connectivity index (χ3v) is 3.68. The Hall–Kier alpha value is -1.14. The van der Waals surface area contributed by atoms with E-state index in [9.17, 15) is 9.59 Å². The van der Waals surface area contributed by atoms with Crippen LogP contribution in [-0.2, 0) is 14.3 Å². The molecule has 0 spiro atoms. The predicted octanol–water partition coefficient (Wildman–Crippen LogP) is -0.371. The number of hydrogen-bond donors (Lipinski definition) is 3. The SMILES string of the molecule is COCCNC(=O)CNC(=O)C1CCC(C)C(N)C1. The molecule has 1 aliphatic rings. The van der Waals surface area contributed by atoms with Crippen LogP contribution >= 0.6 is 0 Å². The lowest BCUT2D eigenvalue weighted by molar-refractivity contribution is -0.129. The molecule has 0 radical (unpaired) electrons. The molecule has 0 aromatic rings. The molecule has 0 aliphatic heterocycles. The monoisotopic (exact) mass is 271 g/mol. The average molecular weight is 271 g/mol. The summed E-state index contributed by atoms with van der Waals surface area (Å²) in [6.07, 6.45) is 2.53. The van der Waals surface area contributed by atoms with Gasteiger partial charge in [-0.3, -0.25) is 9.59 Å². The topological polar surface area (TPSA) is 93.5 Å². The van der Waals surface area contributed by atoms with Crippen LogP contribution in [0.25, 0.3) is 0 Å². The van der Waals surface area contributed by atoms with E-state index in [0.717, 1.165) is 12.8 Å². The molecule has 0 saturated heterocycles. The second kappa shape index (κ2) is 8.12. The highest BCUT2D eigenvalue weighted by atomic mass is 16.5. The number of carbonyl (C=O) groups excluding carboxylic acids is 2. The van der Waals surface area contributed by atoms with Gasteiger partial charge in [0.15, 0.2) is 0 Å². The van der Waals surface area contributed by atoms with Crippen LogP contribution in [0.15, 0.2) is 0 Å². The van der Waals surface area contributed by atoms with Gasteiger partial charge in [0.05, 0.1) is 13.2 Å². The molecule has 4 N–H and O–H groups in total. The first-order valence-electron chi connectivity index (χ1n) is 6.83. The summed E-state index contributed by atoms with van der Waals surface area (Å²) in [4.78, 5) is 23.3. The second-order valence-corrected chi connectivity index (χ2v) is 5.21. The van der Waals surface area contributed by atoms with Gasteiger partial charge in [-0.25, -0.2) is 0 Å². The number of ether oxygens (including phenoxy) is 1. The van der Waals surface area contributed by atoms with Gasteiger partial charge in [-0.15, -0.1) is 0 Å². The molecule has 1 fully saturated rings. The molecule has 6 heteroatoms. The first-order valence-corrected chi connectivity index (χ1v) is 6.83. The zero-order chi connectivity index (χ0) is 14.3. The molecule has 0 heterocycles. The van der Waals surface area contributed by atoms with Gasteiger partial charge in [0.2, 0.25) is 11.8 Å². The number of methoxy groups -OCH3 is 1. The maximum absolute atomic E-state index is 11.9. The Labute approximate surface area is 114 Å². The molecule has 0 bridgehead atoms. The van der Waals surface area contributed by atoms with Crippen molar-refractivity contribution in [2.45, 2.75) is 32.2 Å². The van der Waals surface area contributed by atoms with Crippen LogP contribution in [0.4, 0.5) is 0 Å². The molecule has 3 unspecified atom stereocenters. The molecule has 2 amide bonds. The molecular formula is C13H25N3O3. The van der Waals surface area contributed by atoms with E-state index in [2.05, 4.69) is 17.6 Å². The lowest BCUT2D eigenvalue weighted by Gasteiger charge is -2.30. The third kappa shape index (κ3) is 5.57. The molecule has 0 aromatic heterocycles. The Kier molecular flexibility index (Phi) is 6.80. The van der Waals surface area contributed by atoms with Crippen LogP contribution < -0.4 is 16.4 Å². The summed E-state index contributed by atoms with van der Waals surface area (Å²) in [5, 5.41) is 5.32. The summed E-state index contributed by atoms with van der Waals surface area (Å²) in [6.45, 7) is 3.05. The highest BCUT2D eigenvalue weighted by molar-refractivity contribution is 5.85. The molecule has 110 valence electrons. The zero-order valence-corrected chi connectivity index (χ0v) is 11.8. The van der Waals surface area contributed by atoms with Crippen molar-refractivity contribution in [1.29, 1.82) is 0 Å². The summed E-state index contributed by atoms with van der Waals surface area (Å²) in [7, 11) is 1.57. The maximum Gasteiger partial charge on any atom is 0.239 e. The van der Waals surface area contributed by atoms with Crippen molar-refractivity contribution in [3.8, 4) is 0 Å². The summed E-state index contributed by atoms with van der Waals surface area (Å²) >= 11 is 0. The average Bonchev–Trinajstić information content (AvgIpc) is 2.39. The number of rotatable bonds is 6. The van der Waals surface area contributed by atoms with E-state index >= 15 is 0 Å². The molecule has 1 aliphatic carbocycles. The van der Waals surface area contributed by atoms with E-state index in [-0.39, 0.29) is 30.3 Å².